The van der Waals surface area contributed by atoms with Crippen LogP contribution >= 0.6 is 22.6 Å². The quantitative estimate of drug-likeness (QED) is 0.350. The number of halogens is 1. The molecule has 0 spiro atoms. The molecule has 0 atom stereocenters. The second kappa shape index (κ2) is 6.76. The van der Waals surface area contributed by atoms with Crippen molar-refractivity contribution in [2.75, 3.05) is 6.61 Å². The first-order valence-corrected chi connectivity index (χ1v) is 8.49. The third-order valence-electron chi connectivity index (χ3n) is 3.76. The van der Waals surface area contributed by atoms with E-state index >= 15 is 0 Å². The summed E-state index contributed by atoms with van der Waals surface area (Å²) < 4.78 is 11.6. The van der Waals surface area contributed by atoms with Crippen molar-refractivity contribution in [3.05, 3.63) is 73.1 Å². The molecule has 4 nitrogen and oxygen atoms in total. The van der Waals surface area contributed by atoms with E-state index in [4.69, 9.17) is 9.15 Å². The molecule has 24 heavy (non-hydrogen) atoms. The summed E-state index contributed by atoms with van der Waals surface area (Å²) in [5.74, 6) is 0.425. The maximum Gasteiger partial charge on any atom is 0.336 e. The molecule has 3 rings (SSSR count). The Kier molecular flexibility index (Phi) is 4.71. The smallest absolute Gasteiger partial charge is 0.336 e. The van der Waals surface area contributed by atoms with Crippen molar-refractivity contribution < 1.29 is 13.9 Å². The van der Waals surface area contributed by atoms with Crippen LogP contribution in [0.1, 0.15) is 21.5 Å². The number of ketones is 1. The number of fused-ring (bicyclic) bond motifs is 1. The van der Waals surface area contributed by atoms with Crippen LogP contribution in [-0.4, -0.2) is 12.4 Å². The minimum atomic E-state index is -0.397. The van der Waals surface area contributed by atoms with Crippen LogP contribution in [-0.2, 0) is 0 Å². The molecule has 0 aliphatic heterocycles. The van der Waals surface area contributed by atoms with E-state index in [1.807, 2.05) is 32.0 Å². The minimum absolute atomic E-state index is 0.0688. The second-order valence-corrected chi connectivity index (χ2v) is 6.66. The molecule has 0 N–H and O–H groups in total. The van der Waals surface area contributed by atoms with Crippen LogP contribution in [0.3, 0.4) is 0 Å². The summed E-state index contributed by atoms with van der Waals surface area (Å²) in [7, 11) is 0. The first kappa shape index (κ1) is 16.7. The third kappa shape index (κ3) is 3.36. The summed E-state index contributed by atoms with van der Waals surface area (Å²) in [4.78, 5) is 23.8. The molecule has 122 valence electrons. The van der Waals surface area contributed by atoms with Gasteiger partial charge < -0.3 is 9.15 Å². The number of carbonyl (C=O) groups excluding carboxylic acids is 1. The van der Waals surface area contributed by atoms with Gasteiger partial charge in [-0.1, -0.05) is 29.8 Å². The van der Waals surface area contributed by atoms with Crippen LogP contribution in [0, 0.1) is 17.4 Å². The molecule has 1 heterocycles. The number of carbonyl (C=O) groups is 1. The van der Waals surface area contributed by atoms with Gasteiger partial charge >= 0.3 is 5.63 Å². The van der Waals surface area contributed by atoms with Crippen molar-refractivity contribution in [3.8, 4) is 5.75 Å². The topological polar surface area (TPSA) is 56.5 Å². The standard InChI is InChI=1S/C19H15IO4/c1-11-3-5-13(6-4-11)15(21)10-23-16-8-7-14-12(2)9-17(22)24-19(14)18(16)20/h3-9H,10H2,1-2H3. The van der Waals surface area contributed by atoms with E-state index in [9.17, 15) is 9.59 Å². The van der Waals surface area contributed by atoms with Crippen LogP contribution in [0.25, 0.3) is 11.0 Å². The minimum Gasteiger partial charge on any atom is -0.484 e. The molecule has 0 fully saturated rings. The summed E-state index contributed by atoms with van der Waals surface area (Å²) in [5, 5.41) is 0.858. The molecule has 0 saturated heterocycles. The second-order valence-electron chi connectivity index (χ2n) is 5.58. The largest absolute Gasteiger partial charge is 0.484 e. The number of rotatable bonds is 4. The van der Waals surface area contributed by atoms with E-state index < -0.39 is 5.63 Å². The Balaban J connectivity index is 1.85. The van der Waals surface area contributed by atoms with Crippen molar-refractivity contribution in [3.63, 3.8) is 0 Å². The van der Waals surface area contributed by atoms with Gasteiger partial charge in [-0.05, 0) is 54.1 Å². The molecule has 3 aromatic rings. The molecule has 5 heteroatoms. The van der Waals surface area contributed by atoms with Gasteiger partial charge in [0.05, 0.1) is 3.57 Å². The normalized spacial score (nSPS) is 10.8. The number of aryl methyl sites for hydroxylation is 2. The summed E-state index contributed by atoms with van der Waals surface area (Å²) in [5.41, 5.74) is 2.65. The molecule has 0 bridgehead atoms. The lowest BCUT2D eigenvalue weighted by molar-refractivity contribution is 0.0921. The summed E-state index contributed by atoms with van der Waals surface area (Å²) in [6.07, 6.45) is 0. The zero-order chi connectivity index (χ0) is 17.3. The van der Waals surface area contributed by atoms with Gasteiger partial charge in [0.1, 0.15) is 5.75 Å². The molecule has 0 aliphatic rings. The Morgan fingerprint density at radius 2 is 1.83 bits per heavy atom. The SMILES string of the molecule is Cc1ccc(C(=O)COc2ccc3c(C)cc(=O)oc3c2I)cc1. The molecule has 2 aromatic carbocycles. The third-order valence-corrected chi connectivity index (χ3v) is 4.78. The van der Waals surface area contributed by atoms with Gasteiger partial charge in [0, 0.05) is 17.0 Å². The van der Waals surface area contributed by atoms with Crippen LogP contribution in [0.4, 0.5) is 0 Å². The van der Waals surface area contributed by atoms with Gasteiger partial charge in [-0.3, -0.25) is 4.79 Å². The first-order valence-electron chi connectivity index (χ1n) is 7.41. The maximum absolute atomic E-state index is 12.2. The zero-order valence-electron chi connectivity index (χ0n) is 13.3. The molecule has 0 unspecified atom stereocenters. The lowest BCUT2D eigenvalue weighted by Gasteiger charge is -2.10. The van der Waals surface area contributed by atoms with Gasteiger partial charge in [0.15, 0.2) is 18.0 Å². The van der Waals surface area contributed by atoms with Gasteiger partial charge in [-0.25, -0.2) is 4.79 Å². The average molecular weight is 434 g/mol. The average Bonchev–Trinajstić information content (AvgIpc) is 2.55. The van der Waals surface area contributed by atoms with Crippen LogP contribution in [0.2, 0.25) is 0 Å². The fraction of sp³-hybridized carbons (Fsp3) is 0.158. The highest BCUT2D eigenvalue weighted by Gasteiger charge is 2.13. The maximum atomic E-state index is 12.2. The molecule has 0 aliphatic carbocycles. The molecule has 0 amide bonds. The van der Waals surface area contributed by atoms with Gasteiger partial charge in [-0.2, -0.15) is 0 Å². The van der Waals surface area contributed by atoms with Crippen molar-refractivity contribution >= 4 is 39.3 Å². The van der Waals surface area contributed by atoms with Crippen LogP contribution < -0.4 is 10.4 Å². The van der Waals surface area contributed by atoms with Crippen molar-refractivity contribution in [1.29, 1.82) is 0 Å². The monoisotopic (exact) mass is 434 g/mol. The van der Waals surface area contributed by atoms with E-state index in [0.29, 0.717) is 20.5 Å². The summed E-state index contributed by atoms with van der Waals surface area (Å²) in [6.45, 7) is 3.76. The van der Waals surface area contributed by atoms with E-state index in [0.717, 1.165) is 16.5 Å². The van der Waals surface area contributed by atoms with E-state index in [1.165, 1.54) is 6.07 Å². The molecular formula is C19H15IO4. The van der Waals surface area contributed by atoms with Gasteiger partial charge in [0.2, 0.25) is 0 Å². The number of Topliss-reactive ketones (excluding diaryl/α,β-unsaturated/α-hetero) is 1. The number of hydrogen-bond donors (Lipinski definition) is 0. The highest BCUT2D eigenvalue weighted by Crippen LogP contribution is 2.30. The molecular weight excluding hydrogens is 419 g/mol. The Morgan fingerprint density at radius 1 is 1.12 bits per heavy atom. The fourth-order valence-corrected chi connectivity index (χ4v) is 3.15. The highest BCUT2D eigenvalue weighted by molar-refractivity contribution is 14.1. The predicted octanol–water partition coefficient (Wildman–Crippen LogP) is 4.28. The molecule has 1 aromatic heterocycles. The Morgan fingerprint density at radius 3 is 2.54 bits per heavy atom. The van der Waals surface area contributed by atoms with E-state index in [2.05, 4.69) is 22.6 Å². The first-order chi connectivity index (χ1) is 11.5. The highest BCUT2D eigenvalue weighted by atomic mass is 127. The van der Waals surface area contributed by atoms with E-state index in [-0.39, 0.29) is 12.4 Å². The predicted molar refractivity (Wildman–Crippen MR) is 101 cm³/mol. The summed E-state index contributed by atoms with van der Waals surface area (Å²) in [6, 6.07) is 12.4. The van der Waals surface area contributed by atoms with Crippen LogP contribution in [0.15, 0.2) is 51.7 Å². The van der Waals surface area contributed by atoms with Crippen molar-refractivity contribution in [2.45, 2.75) is 13.8 Å². The number of benzene rings is 2. The van der Waals surface area contributed by atoms with Crippen LogP contribution in [0.5, 0.6) is 5.75 Å². The molecule has 0 radical (unpaired) electrons. The summed E-state index contributed by atoms with van der Waals surface area (Å²) >= 11 is 2.07. The number of ether oxygens (including phenoxy) is 1. The Bertz CT molecular complexity index is 971. The fourth-order valence-electron chi connectivity index (χ4n) is 2.41. The zero-order valence-corrected chi connectivity index (χ0v) is 15.4. The van der Waals surface area contributed by atoms with Gasteiger partial charge in [-0.15, -0.1) is 0 Å². The van der Waals surface area contributed by atoms with Crippen molar-refractivity contribution in [1.82, 2.24) is 0 Å². The van der Waals surface area contributed by atoms with E-state index in [1.54, 1.807) is 18.2 Å². The Labute approximate surface area is 152 Å². The van der Waals surface area contributed by atoms with Gasteiger partial charge in [0.25, 0.3) is 0 Å². The Hall–Kier alpha value is -2.15. The van der Waals surface area contributed by atoms with Crippen molar-refractivity contribution in [2.24, 2.45) is 0 Å². The lowest BCUT2D eigenvalue weighted by Crippen LogP contribution is -2.12. The lowest BCUT2D eigenvalue weighted by atomic mass is 10.1. The number of hydrogen-bond acceptors (Lipinski definition) is 4. The molecule has 0 saturated carbocycles.